The van der Waals surface area contributed by atoms with Crippen molar-refractivity contribution in [3.8, 4) is 0 Å². The van der Waals surface area contributed by atoms with Crippen molar-refractivity contribution < 1.29 is 9.47 Å². The van der Waals surface area contributed by atoms with E-state index in [-0.39, 0.29) is 12.2 Å². The van der Waals surface area contributed by atoms with Gasteiger partial charge in [0.15, 0.2) is 0 Å². The maximum atomic E-state index is 5.95. The van der Waals surface area contributed by atoms with Crippen molar-refractivity contribution in [2.45, 2.75) is 39.4 Å². The molecule has 2 heterocycles. The molecule has 106 valence electrons. The average molecular weight is 256 g/mol. The lowest BCUT2D eigenvalue weighted by atomic mass is 9.89. The van der Waals surface area contributed by atoms with Gasteiger partial charge in [-0.25, -0.2) is 0 Å². The molecule has 0 amide bonds. The second kappa shape index (κ2) is 6.33. The summed E-state index contributed by atoms with van der Waals surface area (Å²) < 4.78 is 11.9. The van der Waals surface area contributed by atoms with Crippen LogP contribution in [0.3, 0.4) is 0 Å². The van der Waals surface area contributed by atoms with Gasteiger partial charge in [-0.15, -0.1) is 0 Å². The summed E-state index contributed by atoms with van der Waals surface area (Å²) in [6.07, 6.45) is 1.62. The van der Waals surface area contributed by atoms with Gasteiger partial charge in [0.25, 0.3) is 0 Å². The van der Waals surface area contributed by atoms with E-state index in [2.05, 4.69) is 31.0 Å². The third kappa shape index (κ3) is 4.84. The minimum Gasteiger partial charge on any atom is -0.373 e. The number of hydrogen-bond donors (Lipinski definition) is 1. The molecule has 4 heteroatoms. The minimum atomic E-state index is 0.263. The Kier molecular flexibility index (Phi) is 5.01. The van der Waals surface area contributed by atoms with Crippen molar-refractivity contribution in [2.75, 3.05) is 45.9 Å². The van der Waals surface area contributed by atoms with Gasteiger partial charge in [-0.05, 0) is 11.8 Å². The van der Waals surface area contributed by atoms with Gasteiger partial charge >= 0.3 is 0 Å². The molecule has 4 nitrogen and oxygen atoms in total. The van der Waals surface area contributed by atoms with Gasteiger partial charge in [0.05, 0.1) is 25.4 Å². The second-order valence-electron chi connectivity index (χ2n) is 6.73. The zero-order valence-electron chi connectivity index (χ0n) is 12.1. The minimum absolute atomic E-state index is 0.263. The van der Waals surface area contributed by atoms with E-state index in [1.165, 1.54) is 0 Å². The van der Waals surface area contributed by atoms with Gasteiger partial charge < -0.3 is 14.8 Å². The van der Waals surface area contributed by atoms with Crippen molar-refractivity contribution in [3.63, 3.8) is 0 Å². The summed E-state index contributed by atoms with van der Waals surface area (Å²) in [7, 11) is 0. The smallest absolute Gasteiger partial charge is 0.0936 e. The highest BCUT2D eigenvalue weighted by Gasteiger charge is 2.27. The number of nitrogens with zero attached hydrogens (tertiary/aromatic N) is 1. The number of hydrogen-bond acceptors (Lipinski definition) is 4. The van der Waals surface area contributed by atoms with Crippen molar-refractivity contribution in [3.05, 3.63) is 0 Å². The first-order valence-corrected chi connectivity index (χ1v) is 7.19. The molecular weight excluding hydrogens is 228 g/mol. The van der Waals surface area contributed by atoms with Gasteiger partial charge in [-0.2, -0.15) is 0 Å². The van der Waals surface area contributed by atoms with Gasteiger partial charge in [0, 0.05) is 32.7 Å². The standard InChI is InChI=1S/C14H28N2O2/c1-14(2,3)8-12-10-18-13(11-17-12)9-16-6-4-15-5-7-16/h12-13,15H,4-11H2,1-3H3. The van der Waals surface area contributed by atoms with Crippen LogP contribution in [0.25, 0.3) is 0 Å². The van der Waals surface area contributed by atoms with Gasteiger partial charge in [0.2, 0.25) is 0 Å². The SMILES string of the molecule is CC(C)(C)CC1COC(CN2CCNCC2)CO1. The lowest BCUT2D eigenvalue weighted by molar-refractivity contribution is -0.147. The van der Waals surface area contributed by atoms with E-state index in [9.17, 15) is 0 Å². The first-order valence-electron chi connectivity index (χ1n) is 7.19. The third-order valence-electron chi connectivity index (χ3n) is 3.55. The summed E-state index contributed by atoms with van der Waals surface area (Å²) in [5.41, 5.74) is 0.319. The second-order valence-corrected chi connectivity index (χ2v) is 6.73. The molecule has 2 aliphatic heterocycles. The summed E-state index contributed by atoms with van der Waals surface area (Å²) in [5, 5.41) is 3.37. The number of piperazine rings is 1. The molecule has 2 atom stereocenters. The fourth-order valence-corrected chi connectivity index (χ4v) is 2.67. The van der Waals surface area contributed by atoms with Crippen LogP contribution in [0.2, 0.25) is 0 Å². The van der Waals surface area contributed by atoms with E-state index in [0.717, 1.165) is 52.4 Å². The summed E-state index contributed by atoms with van der Waals surface area (Å²) in [4.78, 5) is 2.47. The quantitative estimate of drug-likeness (QED) is 0.820. The maximum absolute atomic E-state index is 5.95. The first-order chi connectivity index (χ1) is 8.53. The molecule has 2 rings (SSSR count). The highest BCUT2D eigenvalue weighted by molar-refractivity contribution is 4.77. The lowest BCUT2D eigenvalue weighted by Gasteiger charge is -2.36. The summed E-state index contributed by atoms with van der Waals surface area (Å²) >= 11 is 0. The first kappa shape index (κ1) is 14.3. The molecule has 2 fully saturated rings. The van der Waals surface area contributed by atoms with Crippen molar-refractivity contribution in [1.82, 2.24) is 10.2 Å². The number of ether oxygens (including phenoxy) is 2. The molecule has 0 aromatic heterocycles. The predicted molar refractivity (Wildman–Crippen MR) is 72.9 cm³/mol. The zero-order chi connectivity index (χ0) is 13.0. The molecule has 0 radical (unpaired) electrons. The normalized spacial score (nSPS) is 31.5. The summed E-state index contributed by atoms with van der Waals surface area (Å²) in [6, 6.07) is 0. The number of rotatable bonds is 3. The molecule has 0 bridgehead atoms. The topological polar surface area (TPSA) is 33.7 Å². The zero-order valence-corrected chi connectivity index (χ0v) is 12.1. The van der Waals surface area contributed by atoms with Crippen LogP contribution < -0.4 is 5.32 Å². The van der Waals surface area contributed by atoms with E-state index < -0.39 is 0 Å². The Balaban J connectivity index is 1.66. The van der Waals surface area contributed by atoms with Gasteiger partial charge in [-0.1, -0.05) is 20.8 Å². The van der Waals surface area contributed by atoms with Crippen LogP contribution in [0, 0.1) is 5.41 Å². The van der Waals surface area contributed by atoms with Crippen LogP contribution in [0.1, 0.15) is 27.2 Å². The molecule has 0 aromatic rings. The lowest BCUT2D eigenvalue weighted by Crippen LogP contribution is -2.49. The van der Waals surface area contributed by atoms with E-state index in [0.29, 0.717) is 5.41 Å². The fourth-order valence-electron chi connectivity index (χ4n) is 2.67. The molecule has 2 unspecified atom stereocenters. The molecular formula is C14H28N2O2. The molecule has 1 N–H and O–H groups in total. The number of nitrogens with one attached hydrogen (secondary N) is 1. The molecule has 0 aliphatic carbocycles. The molecule has 0 aromatic carbocycles. The summed E-state index contributed by atoms with van der Waals surface area (Å²) in [5.74, 6) is 0. The predicted octanol–water partition coefficient (Wildman–Crippen LogP) is 1.11. The molecule has 2 saturated heterocycles. The Bertz CT molecular complexity index is 239. The highest BCUT2D eigenvalue weighted by atomic mass is 16.6. The fraction of sp³-hybridized carbons (Fsp3) is 1.00. The van der Waals surface area contributed by atoms with Crippen molar-refractivity contribution in [1.29, 1.82) is 0 Å². The van der Waals surface area contributed by atoms with Crippen molar-refractivity contribution >= 4 is 0 Å². The molecule has 18 heavy (non-hydrogen) atoms. The van der Waals surface area contributed by atoms with Crippen LogP contribution in [0.4, 0.5) is 0 Å². The third-order valence-corrected chi connectivity index (χ3v) is 3.55. The molecule has 0 saturated carbocycles. The summed E-state index contributed by atoms with van der Waals surface area (Å²) in [6.45, 7) is 13.7. The van der Waals surface area contributed by atoms with Crippen LogP contribution >= 0.6 is 0 Å². The monoisotopic (exact) mass is 256 g/mol. The Labute approximate surface area is 111 Å². The molecule has 0 spiro atoms. The van der Waals surface area contributed by atoms with Crippen molar-refractivity contribution in [2.24, 2.45) is 5.41 Å². The Morgan fingerprint density at radius 3 is 2.22 bits per heavy atom. The van der Waals surface area contributed by atoms with E-state index in [1.54, 1.807) is 0 Å². The van der Waals surface area contributed by atoms with Gasteiger partial charge in [0.1, 0.15) is 0 Å². The van der Waals surface area contributed by atoms with Crippen LogP contribution in [0.5, 0.6) is 0 Å². The highest BCUT2D eigenvalue weighted by Crippen LogP contribution is 2.24. The van der Waals surface area contributed by atoms with E-state index in [4.69, 9.17) is 9.47 Å². The largest absolute Gasteiger partial charge is 0.373 e. The Morgan fingerprint density at radius 2 is 1.67 bits per heavy atom. The van der Waals surface area contributed by atoms with Crippen LogP contribution in [-0.2, 0) is 9.47 Å². The molecule has 2 aliphatic rings. The van der Waals surface area contributed by atoms with E-state index in [1.807, 2.05) is 0 Å². The Hall–Kier alpha value is -0.160. The maximum Gasteiger partial charge on any atom is 0.0936 e. The Morgan fingerprint density at radius 1 is 1.06 bits per heavy atom. The van der Waals surface area contributed by atoms with Crippen LogP contribution in [-0.4, -0.2) is 63.0 Å². The van der Waals surface area contributed by atoms with Gasteiger partial charge in [-0.3, -0.25) is 4.90 Å². The van der Waals surface area contributed by atoms with E-state index >= 15 is 0 Å². The van der Waals surface area contributed by atoms with Crippen LogP contribution in [0.15, 0.2) is 0 Å². The average Bonchev–Trinajstić information content (AvgIpc) is 2.31.